The van der Waals surface area contributed by atoms with Crippen molar-refractivity contribution in [2.24, 2.45) is 5.92 Å². The van der Waals surface area contributed by atoms with Crippen LogP contribution in [0.15, 0.2) is 47.4 Å². The van der Waals surface area contributed by atoms with Crippen molar-refractivity contribution in [3.05, 3.63) is 59.2 Å². The van der Waals surface area contributed by atoms with Crippen molar-refractivity contribution >= 4 is 31.0 Å². The van der Waals surface area contributed by atoms with Gasteiger partial charge in [-0.2, -0.15) is 0 Å². The number of hydrogen-bond acceptors (Lipinski definition) is 3. The largest absolute Gasteiger partial charge is 0.481 e. The fourth-order valence-electron chi connectivity index (χ4n) is 2.76. The van der Waals surface area contributed by atoms with Crippen LogP contribution in [0.25, 0.3) is 0 Å². The summed E-state index contributed by atoms with van der Waals surface area (Å²) in [6, 6.07) is 14.7. The van der Waals surface area contributed by atoms with Crippen LogP contribution < -0.4 is 5.46 Å². The van der Waals surface area contributed by atoms with Crippen LogP contribution in [0, 0.1) is 12.8 Å². The number of aliphatic carboxylic acids is 1. The number of aryl methyl sites for hydroxylation is 1. The molecule has 5 heteroatoms. The number of rotatable bonds is 6. The minimum absolute atomic E-state index is 0.191. The molecule has 3 rings (SSSR count). The van der Waals surface area contributed by atoms with Gasteiger partial charge in [-0.05, 0) is 30.2 Å². The lowest BCUT2D eigenvalue weighted by atomic mass is 9.92. The molecule has 0 saturated carbocycles. The Morgan fingerprint density at radius 2 is 1.88 bits per heavy atom. The SMILES string of the molecule is [B]c1ccc(SCc2ccc(CN3CC(C(=O)O)C3)cc2)cc1C. The van der Waals surface area contributed by atoms with Crippen molar-refractivity contribution in [1.29, 1.82) is 0 Å². The summed E-state index contributed by atoms with van der Waals surface area (Å²) in [6.07, 6.45) is 0. The van der Waals surface area contributed by atoms with Crippen molar-refractivity contribution in [1.82, 2.24) is 4.90 Å². The minimum Gasteiger partial charge on any atom is -0.481 e. The molecule has 2 aromatic carbocycles. The van der Waals surface area contributed by atoms with Crippen LogP contribution >= 0.6 is 11.8 Å². The molecule has 1 heterocycles. The average Bonchev–Trinajstić information content (AvgIpc) is 2.52. The topological polar surface area (TPSA) is 40.5 Å². The number of benzene rings is 2. The van der Waals surface area contributed by atoms with Gasteiger partial charge >= 0.3 is 5.97 Å². The number of hydrogen-bond donors (Lipinski definition) is 1. The predicted molar refractivity (Wildman–Crippen MR) is 99.0 cm³/mol. The lowest BCUT2D eigenvalue weighted by Crippen LogP contribution is -2.49. The predicted octanol–water partition coefficient (Wildman–Crippen LogP) is 2.60. The van der Waals surface area contributed by atoms with Crippen LogP contribution in [0.2, 0.25) is 0 Å². The number of thioether (sulfide) groups is 1. The molecule has 2 radical (unpaired) electrons. The second kappa shape index (κ2) is 7.45. The normalized spacial score (nSPS) is 15.2. The Morgan fingerprint density at radius 3 is 2.50 bits per heavy atom. The molecule has 0 bridgehead atoms. The molecule has 1 N–H and O–H groups in total. The fraction of sp³-hybridized carbons (Fsp3) is 0.316. The van der Waals surface area contributed by atoms with E-state index in [1.165, 1.54) is 16.0 Å². The molecule has 0 spiro atoms. The van der Waals surface area contributed by atoms with Gasteiger partial charge in [-0.25, -0.2) is 0 Å². The zero-order chi connectivity index (χ0) is 17.1. The molecule has 122 valence electrons. The molecule has 0 aromatic heterocycles. The Hall–Kier alpha value is -1.72. The van der Waals surface area contributed by atoms with Gasteiger partial charge in [0.05, 0.1) is 5.92 Å². The molecular weight excluding hydrogens is 317 g/mol. The Balaban J connectivity index is 1.49. The number of likely N-dealkylation sites (tertiary alicyclic amines) is 1. The maximum Gasteiger partial charge on any atom is 0.309 e. The first kappa shape index (κ1) is 17.1. The van der Waals surface area contributed by atoms with Crippen LogP contribution in [-0.4, -0.2) is 36.9 Å². The Kier molecular flexibility index (Phi) is 5.31. The molecule has 1 fully saturated rings. The summed E-state index contributed by atoms with van der Waals surface area (Å²) in [6.45, 7) is 4.17. The highest BCUT2D eigenvalue weighted by atomic mass is 32.2. The van der Waals surface area contributed by atoms with E-state index in [2.05, 4.69) is 41.3 Å². The molecule has 0 amide bonds. The van der Waals surface area contributed by atoms with E-state index in [9.17, 15) is 4.79 Å². The highest BCUT2D eigenvalue weighted by Gasteiger charge is 2.31. The molecule has 0 aliphatic carbocycles. The van der Waals surface area contributed by atoms with Gasteiger partial charge in [0.1, 0.15) is 7.85 Å². The first-order valence-corrected chi connectivity index (χ1v) is 9.02. The Labute approximate surface area is 148 Å². The smallest absolute Gasteiger partial charge is 0.309 e. The van der Waals surface area contributed by atoms with Gasteiger partial charge in [-0.3, -0.25) is 9.69 Å². The van der Waals surface area contributed by atoms with Crippen molar-refractivity contribution in [3.8, 4) is 0 Å². The molecule has 1 aliphatic rings. The van der Waals surface area contributed by atoms with E-state index < -0.39 is 5.97 Å². The van der Waals surface area contributed by atoms with Crippen LogP contribution in [0.3, 0.4) is 0 Å². The van der Waals surface area contributed by atoms with E-state index in [1.807, 2.05) is 13.0 Å². The van der Waals surface area contributed by atoms with E-state index in [-0.39, 0.29) is 5.92 Å². The molecular formula is C19H20BNO2S. The second-order valence-corrected chi connectivity index (χ2v) is 7.40. The zero-order valence-electron chi connectivity index (χ0n) is 13.7. The van der Waals surface area contributed by atoms with Gasteiger partial charge < -0.3 is 5.11 Å². The summed E-state index contributed by atoms with van der Waals surface area (Å²) in [7, 11) is 5.85. The first-order chi connectivity index (χ1) is 11.5. The average molecular weight is 337 g/mol. The number of nitrogens with zero attached hydrogens (tertiary/aromatic N) is 1. The minimum atomic E-state index is -0.684. The molecule has 1 aliphatic heterocycles. The summed E-state index contributed by atoms with van der Waals surface area (Å²) in [4.78, 5) is 14.2. The molecule has 3 nitrogen and oxygen atoms in total. The van der Waals surface area contributed by atoms with Crippen molar-refractivity contribution in [2.45, 2.75) is 24.1 Å². The van der Waals surface area contributed by atoms with Crippen molar-refractivity contribution < 1.29 is 9.90 Å². The second-order valence-electron chi connectivity index (χ2n) is 6.35. The number of carboxylic acid groups (broad SMARTS) is 1. The maximum atomic E-state index is 10.8. The zero-order valence-corrected chi connectivity index (χ0v) is 14.6. The third-order valence-electron chi connectivity index (χ3n) is 4.38. The van der Waals surface area contributed by atoms with Gasteiger partial charge in [0, 0.05) is 30.3 Å². The lowest BCUT2D eigenvalue weighted by molar-refractivity contribution is -0.147. The third-order valence-corrected chi connectivity index (χ3v) is 5.45. The number of carbonyl (C=O) groups is 1. The van der Waals surface area contributed by atoms with Crippen LogP contribution in [-0.2, 0) is 17.1 Å². The van der Waals surface area contributed by atoms with E-state index in [0.29, 0.717) is 13.1 Å². The highest BCUT2D eigenvalue weighted by Crippen LogP contribution is 2.24. The Morgan fingerprint density at radius 1 is 1.21 bits per heavy atom. The summed E-state index contributed by atoms with van der Waals surface area (Å²) in [5.74, 6) is 0.0506. The number of carboxylic acids is 1. The van der Waals surface area contributed by atoms with Gasteiger partial charge in [0.2, 0.25) is 0 Å². The standard InChI is InChI=1S/C19H20BNO2S/c1-13-8-17(6-7-18(13)20)24-12-15-4-2-14(3-5-15)9-21-10-16(11-21)19(22)23/h2-8,16H,9-12H2,1H3,(H,22,23). The maximum absolute atomic E-state index is 10.8. The summed E-state index contributed by atoms with van der Waals surface area (Å²) in [5.41, 5.74) is 4.46. The van der Waals surface area contributed by atoms with E-state index in [1.54, 1.807) is 11.8 Å². The molecule has 2 aromatic rings. The van der Waals surface area contributed by atoms with Crippen molar-refractivity contribution in [2.75, 3.05) is 13.1 Å². The van der Waals surface area contributed by atoms with Gasteiger partial charge in [0.25, 0.3) is 0 Å². The van der Waals surface area contributed by atoms with Crippen LogP contribution in [0.4, 0.5) is 0 Å². The molecule has 1 saturated heterocycles. The van der Waals surface area contributed by atoms with Crippen LogP contribution in [0.5, 0.6) is 0 Å². The van der Waals surface area contributed by atoms with E-state index >= 15 is 0 Å². The summed E-state index contributed by atoms with van der Waals surface area (Å²) >= 11 is 1.80. The summed E-state index contributed by atoms with van der Waals surface area (Å²) < 4.78 is 0. The fourth-order valence-corrected chi connectivity index (χ4v) is 3.71. The highest BCUT2D eigenvalue weighted by molar-refractivity contribution is 7.98. The van der Waals surface area contributed by atoms with Gasteiger partial charge in [-0.15, -0.1) is 11.8 Å². The van der Waals surface area contributed by atoms with Crippen molar-refractivity contribution in [3.63, 3.8) is 0 Å². The molecule has 0 atom stereocenters. The molecule has 24 heavy (non-hydrogen) atoms. The first-order valence-electron chi connectivity index (χ1n) is 8.03. The van der Waals surface area contributed by atoms with Gasteiger partial charge in [0.15, 0.2) is 0 Å². The van der Waals surface area contributed by atoms with Gasteiger partial charge in [-0.1, -0.05) is 41.4 Å². The van der Waals surface area contributed by atoms with E-state index in [0.717, 1.165) is 23.3 Å². The Bertz CT molecular complexity index is 727. The third kappa shape index (κ3) is 4.22. The monoisotopic (exact) mass is 337 g/mol. The lowest BCUT2D eigenvalue weighted by Gasteiger charge is -2.36. The molecule has 0 unspecified atom stereocenters. The summed E-state index contributed by atoms with van der Waals surface area (Å²) in [5, 5.41) is 8.90. The van der Waals surface area contributed by atoms with E-state index in [4.69, 9.17) is 13.0 Å². The van der Waals surface area contributed by atoms with Crippen LogP contribution in [0.1, 0.15) is 16.7 Å². The quantitative estimate of drug-likeness (QED) is 0.650.